The molecule has 15 heavy (non-hydrogen) atoms. The Bertz CT molecular complexity index is 385. The van der Waals surface area contributed by atoms with Crippen LogP contribution in [-0.2, 0) is 9.63 Å². The van der Waals surface area contributed by atoms with Gasteiger partial charge in [0.15, 0.2) is 0 Å². The molecule has 0 spiro atoms. The van der Waals surface area contributed by atoms with E-state index in [2.05, 4.69) is 9.99 Å². The lowest BCUT2D eigenvalue weighted by Crippen LogP contribution is -2.03. The van der Waals surface area contributed by atoms with Gasteiger partial charge >= 0.3 is 5.97 Å². The molecule has 0 heterocycles. The molecule has 0 amide bonds. The molecule has 0 aliphatic carbocycles. The molecule has 0 fully saturated rings. The standard InChI is InChI=1S/C11H13NO3/c1-8-4-3-5-10(9(8)2)6-12-15-7-11(13)14/h3-6H,7H2,1-2H3,(H,13,14). The zero-order valence-electron chi connectivity index (χ0n) is 8.73. The van der Waals surface area contributed by atoms with E-state index < -0.39 is 12.6 Å². The summed E-state index contributed by atoms with van der Waals surface area (Å²) < 4.78 is 0. The predicted octanol–water partition coefficient (Wildman–Crippen LogP) is 1.74. The van der Waals surface area contributed by atoms with Crippen LogP contribution in [0.15, 0.2) is 23.4 Å². The fourth-order valence-corrected chi connectivity index (χ4v) is 1.10. The number of rotatable bonds is 4. The summed E-state index contributed by atoms with van der Waals surface area (Å²) in [5.41, 5.74) is 3.21. The highest BCUT2D eigenvalue weighted by Gasteiger charge is 1.98. The first-order chi connectivity index (χ1) is 7.11. The Kier molecular flexibility index (Phi) is 3.85. The Labute approximate surface area is 88.2 Å². The molecule has 80 valence electrons. The smallest absolute Gasteiger partial charge is 0.344 e. The minimum absolute atomic E-state index is 0.415. The van der Waals surface area contributed by atoms with E-state index in [4.69, 9.17) is 5.11 Å². The first-order valence-electron chi connectivity index (χ1n) is 4.54. The van der Waals surface area contributed by atoms with Crippen molar-refractivity contribution in [2.75, 3.05) is 6.61 Å². The van der Waals surface area contributed by atoms with Gasteiger partial charge in [0.2, 0.25) is 6.61 Å². The van der Waals surface area contributed by atoms with E-state index >= 15 is 0 Å². The zero-order chi connectivity index (χ0) is 11.3. The Balaban J connectivity index is 2.64. The van der Waals surface area contributed by atoms with E-state index in [-0.39, 0.29) is 0 Å². The molecular weight excluding hydrogens is 194 g/mol. The number of hydrogen-bond acceptors (Lipinski definition) is 3. The van der Waals surface area contributed by atoms with Gasteiger partial charge in [-0.3, -0.25) is 0 Å². The Morgan fingerprint density at radius 1 is 1.53 bits per heavy atom. The summed E-state index contributed by atoms with van der Waals surface area (Å²) in [5.74, 6) is -1.03. The van der Waals surface area contributed by atoms with Gasteiger partial charge in [0.1, 0.15) is 0 Å². The molecule has 1 aromatic carbocycles. The number of oxime groups is 1. The van der Waals surface area contributed by atoms with Crippen molar-refractivity contribution in [3.63, 3.8) is 0 Å². The number of carbonyl (C=O) groups is 1. The van der Waals surface area contributed by atoms with Crippen LogP contribution in [0, 0.1) is 13.8 Å². The molecule has 1 aromatic rings. The molecule has 0 radical (unpaired) electrons. The number of hydrogen-bond donors (Lipinski definition) is 1. The number of aliphatic carboxylic acids is 1. The highest BCUT2D eigenvalue weighted by Crippen LogP contribution is 2.10. The van der Waals surface area contributed by atoms with Crippen molar-refractivity contribution >= 4 is 12.2 Å². The van der Waals surface area contributed by atoms with Gasteiger partial charge in [0.05, 0.1) is 6.21 Å². The second kappa shape index (κ2) is 5.14. The van der Waals surface area contributed by atoms with Crippen LogP contribution in [0.2, 0.25) is 0 Å². The average Bonchev–Trinajstić information content (AvgIpc) is 2.18. The molecule has 4 heteroatoms. The third-order valence-electron chi connectivity index (χ3n) is 2.10. The predicted molar refractivity (Wildman–Crippen MR) is 57.1 cm³/mol. The van der Waals surface area contributed by atoms with E-state index in [1.807, 2.05) is 32.0 Å². The monoisotopic (exact) mass is 207 g/mol. The van der Waals surface area contributed by atoms with Gasteiger partial charge < -0.3 is 9.94 Å². The lowest BCUT2D eigenvalue weighted by molar-refractivity contribution is -0.142. The van der Waals surface area contributed by atoms with Gasteiger partial charge in [-0.25, -0.2) is 4.79 Å². The van der Waals surface area contributed by atoms with Crippen molar-refractivity contribution in [1.82, 2.24) is 0 Å². The molecule has 0 aliphatic rings. The number of nitrogens with zero attached hydrogens (tertiary/aromatic N) is 1. The van der Waals surface area contributed by atoms with E-state index in [0.717, 1.165) is 16.7 Å². The second-order valence-electron chi connectivity index (χ2n) is 3.19. The summed E-state index contributed by atoms with van der Waals surface area (Å²) in [4.78, 5) is 14.7. The first-order valence-corrected chi connectivity index (χ1v) is 4.54. The second-order valence-corrected chi connectivity index (χ2v) is 3.19. The van der Waals surface area contributed by atoms with Crippen molar-refractivity contribution < 1.29 is 14.7 Å². The minimum Gasteiger partial charge on any atom is -0.479 e. The van der Waals surface area contributed by atoms with Gasteiger partial charge in [-0.15, -0.1) is 0 Å². The van der Waals surface area contributed by atoms with Crippen molar-refractivity contribution in [3.05, 3.63) is 34.9 Å². The maximum atomic E-state index is 10.1. The first kappa shape index (κ1) is 11.2. The van der Waals surface area contributed by atoms with Gasteiger partial charge in [-0.1, -0.05) is 23.4 Å². The highest BCUT2D eigenvalue weighted by molar-refractivity contribution is 5.81. The molecule has 0 saturated carbocycles. The molecule has 0 aromatic heterocycles. The van der Waals surface area contributed by atoms with Crippen LogP contribution in [0.25, 0.3) is 0 Å². The molecule has 0 atom stereocenters. The molecule has 0 bridgehead atoms. The topological polar surface area (TPSA) is 58.9 Å². The lowest BCUT2D eigenvalue weighted by atomic mass is 10.0. The van der Waals surface area contributed by atoms with Crippen LogP contribution in [0.5, 0.6) is 0 Å². The van der Waals surface area contributed by atoms with Gasteiger partial charge in [-0.2, -0.15) is 0 Å². The van der Waals surface area contributed by atoms with Crippen LogP contribution in [0.1, 0.15) is 16.7 Å². The quantitative estimate of drug-likeness (QED) is 0.604. The zero-order valence-corrected chi connectivity index (χ0v) is 8.73. The van der Waals surface area contributed by atoms with E-state index in [0.29, 0.717) is 0 Å². The van der Waals surface area contributed by atoms with Crippen LogP contribution in [0.4, 0.5) is 0 Å². The van der Waals surface area contributed by atoms with E-state index in [1.165, 1.54) is 6.21 Å². The maximum absolute atomic E-state index is 10.1. The number of carboxylic acid groups (broad SMARTS) is 1. The third kappa shape index (κ3) is 3.42. The fourth-order valence-electron chi connectivity index (χ4n) is 1.10. The summed E-state index contributed by atoms with van der Waals surface area (Å²) in [5, 5.41) is 11.9. The maximum Gasteiger partial charge on any atom is 0.344 e. The number of carboxylic acids is 1. The Morgan fingerprint density at radius 2 is 2.27 bits per heavy atom. The summed E-state index contributed by atoms with van der Waals surface area (Å²) in [6.45, 7) is 3.57. The van der Waals surface area contributed by atoms with Crippen LogP contribution < -0.4 is 0 Å². The van der Waals surface area contributed by atoms with Crippen molar-refractivity contribution in [2.45, 2.75) is 13.8 Å². The lowest BCUT2D eigenvalue weighted by Gasteiger charge is -2.02. The van der Waals surface area contributed by atoms with Gasteiger partial charge in [0, 0.05) is 0 Å². The van der Waals surface area contributed by atoms with Crippen molar-refractivity contribution in [3.8, 4) is 0 Å². The third-order valence-corrected chi connectivity index (χ3v) is 2.10. The van der Waals surface area contributed by atoms with Crippen molar-refractivity contribution in [1.29, 1.82) is 0 Å². The Morgan fingerprint density at radius 3 is 2.93 bits per heavy atom. The van der Waals surface area contributed by atoms with E-state index in [9.17, 15) is 4.79 Å². The SMILES string of the molecule is Cc1cccc(C=NOCC(=O)O)c1C. The summed E-state index contributed by atoms with van der Waals surface area (Å²) in [6.07, 6.45) is 1.52. The number of aryl methyl sites for hydroxylation is 1. The molecule has 0 aliphatic heterocycles. The normalized spacial score (nSPS) is 10.5. The van der Waals surface area contributed by atoms with E-state index in [1.54, 1.807) is 0 Å². The largest absolute Gasteiger partial charge is 0.479 e. The molecular formula is C11H13NO3. The fraction of sp³-hybridized carbons (Fsp3) is 0.273. The summed E-state index contributed by atoms with van der Waals surface area (Å²) in [6, 6.07) is 5.82. The van der Waals surface area contributed by atoms with Crippen LogP contribution in [-0.4, -0.2) is 23.9 Å². The molecule has 1 rings (SSSR count). The van der Waals surface area contributed by atoms with Crippen LogP contribution in [0.3, 0.4) is 0 Å². The summed E-state index contributed by atoms with van der Waals surface area (Å²) >= 11 is 0. The molecule has 4 nitrogen and oxygen atoms in total. The van der Waals surface area contributed by atoms with Gasteiger partial charge in [-0.05, 0) is 30.5 Å². The average molecular weight is 207 g/mol. The summed E-state index contributed by atoms with van der Waals surface area (Å²) in [7, 11) is 0. The Hall–Kier alpha value is -1.84. The number of benzene rings is 1. The van der Waals surface area contributed by atoms with Gasteiger partial charge in [0.25, 0.3) is 0 Å². The minimum atomic E-state index is -1.03. The molecule has 0 saturated heterocycles. The molecule has 1 N–H and O–H groups in total. The van der Waals surface area contributed by atoms with Crippen LogP contribution >= 0.6 is 0 Å². The van der Waals surface area contributed by atoms with Crippen molar-refractivity contribution in [2.24, 2.45) is 5.16 Å². The molecule has 0 unspecified atom stereocenters. The highest BCUT2D eigenvalue weighted by atomic mass is 16.6.